The third-order valence-electron chi connectivity index (χ3n) is 2.36. The smallest absolute Gasteiger partial charge is 0.0893 e. The molecule has 6 heteroatoms. The van der Waals surface area contributed by atoms with E-state index in [2.05, 4.69) is 26.9 Å². The van der Waals surface area contributed by atoms with Gasteiger partial charge in [0, 0.05) is 36.8 Å². The van der Waals surface area contributed by atoms with E-state index >= 15 is 0 Å². The summed E-state index contributed by atoms with van der Waals surface area (Å²) in [7, 11) is 1.95. The fourth-order valence-electron chi connectivity index (χ4n) is 1.30. The van der Waals surface area contributed by atoms with Gasteiger partial charge in [0.15, 0.2) is 0 Å². The molecule has 2 rings (SSSR count). The molecule has 0 fully saturated rings. The van der Waals surface area contributed by atoms with Crippen LogP contribution in [0.25, 0.3) is 0 Å². The van der Waals surface area contributed by atoms with Gasteiger partial charge in [-0.2, -0.15) is 5.10 Å². The molecule has 15 heavy (non-hydrogen) atoms. The lowest BCUT2D eigenvalue weighted by Gasteiger charge is -2.01. The second-order valence-electron chi connectivity index (χ2n) is 3.38. The summed E-state index contributed by atoms with van der Waals surface area (Å²) in [5.74, 6) is 0. The predicted octanol–water partition coefficient (Wildman–Crippen LogP) is 0.870. The summed E-state index contributed by atoms with van der Waals surface area (Å²) in [5, 5.41) is 13.4. The molecule has 0 saturated carbocycles. The lowest BCUT2D eigenvalue weighted by atomic mass is 10.2. The maximum Gasteiger partial charge on any atom is 0.0893 e. The Labute approximate surface area is 92.3 Å². The fraction of sp³-hybridized carbons (Fsp3) is 0.444. The highest BCUT2D eigenvalue weighted by atomic mass is 32.1. The van der Waals surface area contributed by atoms with Gasteiger partial charge in [-0.15, -0.1) is 5.10 Å². The van der Waals surface area contributed by atoms with Crippen molar-refractivity contribution < 1.29 is 0 Å². The van der Waals surface area contributed by atoms with Gasteiger partial charge in [-0.05, 0) is 18.5 Å². The molecule has 5 nitrogen and oxygen atoms in total. The molecule has 0 aliphatic rings. The SMILES string of the molecule is Cc1c(CNCc2csnn2)cnn1C. The molecule has 2 aromatic rings. The first-order valence-corrected chi connectivity index (χ1v) is 5.55. The largest absolute Gasteiger partial charge is 0.307 e. The predicted molar refractivity (Wildman–Crippen MR) is 58.4 cm³/mol. The first-order valence-electron chi connectivity index (χ1n) is 4.71. The zero-order valence-electron chi connectivity index (χ0n) is 8.77. The highest BCUT2D eigenvalue weighted by molar-refractivity contribution is 7.03. The molecule has 0 aromatic carbocycles. The quantitative estimate of drug-likeness (QED) is 0.835. The van der Waals surface area contributed by atoms with E-state index in [9.17, 15) is 0 Å². The molecule has 0 amide bonds. The van der Waals surface area contributed by atoms with Gasteiger partial charge in [0.05, 0.1) is 11.9 Å². The van der Waals surface area contributed by atoms with Crippen molar-refractivity contribution in [3.63, 3.8) is 0 Å². The van der Waals surface area contributed by atoms with Crippen LogP contribution in [0.5, 0.6) is 0 Å². The molecule has 80 valence electrons. The van der Waals surface area contributed by atoms with Crippen LogP contribution in [0.3, 0.4) is 0 Å². The number of nitrogens with zero attached hydrogens (tertiary/aromatic N) is 4. The Morgan fingerprint density at radius 1 is 1.47 bits per heavy atom. The van der Waals surface area contributed by atoms with E-state index in [1.165, 1.54) is 22.8 Å². The molecule has 0 aliphatic carbocycles. The Hall–Kier alpha value is -1.27. The number of hydrogen-bond acceptors (Lipinski definition) is 5. The molecule has 2 heterocycles. The molecule has 0 radical (unpaired) electrons. The Morgan fingerprint density at radius 3 is 2.93 bits per heavy atom. The second kappa shape index (κ2) is 4.50. The zero-order chi connectivity index (χ0) is 10.7. The fourth-order valence-corrected chi connectivity index (χ4v) is 1.76. The lowest BCUT2D eigenvalue weighted by Crippen LogP contribution is -2.13. The maximum absolute atomic E-state index is 4.18. The third-order valence-corrected chi connectivity index (χ3v) is 2.92. The van der Waals surface area contributed by atoms with Crippen molar-refractivity contribution in [1.82, 2.24) is 24.7 Å². The van der Waals surface area contributed by atoms with Crippen LogP contribution in [0.1, 0.15) is 17.0 Å². The van der Waals surface area contributed by atoms with Crippen molar-refractivity contribution in [3.8, 4) is 0 Å². The summed E-state index contributed by atoms with van der Waals surface area (Å²) < 4.78 is 5.68. The van der Waals surface area contributed by atoms with Crippen molar-refractivity contribution >= 4 is 11.5 Å². The van der Waals surface area contributed by atoms with Gasteiger partial charge in [0.2, 0.25) is 0 Å². The monoisotopic (exact) mass is 223 g/mol. The summed E-state index contributed by atoms with van der Waals surface area (Å²) in [5.41, 5.74) is 3.40. The minimum Gasteiger partial charge on any atom is -0.307 e. The Kier molecular flexibility index (Phi) is 3.08. The van der Waals surface area contributed by atoms with E-state index in [4.69, 9.17) is 0 Å². The Balaban J connectivity index is 1.86. The Bertz CT molecular complexity index is 420. The van der Waals surface area contributed by atoms with Crippen LogP contribution in [-0.2, 0) is 20.1 Å². The summed E-state index contributed by atoms with van der Waals surface area (Å²) in [6, 6.07) is 0. The third kappa shape index (κ3) is 2.40. The van der Waals surface area contributed by atoms with E-state index in [1.54, 1.807) is 0 Å². The van der Waals surface area contributed by atoms with Gasteiger partial charge < -0.3 is 5.32 Å². The van der Waals surface area contributed by atoms with E-state index in [1.807, 2.05) is 23.3 Å². The average Bonchev–Trinajstić information content (AvgIpc) is 2.83. The van der Waals surface area contributed by atoms with Crippen molar-refractivity contribution in [2.45, 2.75) is 20.0 Å². The van der Waals surface area contributed by atoms with E-state index in [0.717, 1.165) is 18.8 Å². The Morgan fingerprint density at radius 2 is 2.33 bits per heavy atom. The van der Waals surface area contributed by atoms with Gasteiger partial charge in [0.1, 0.15) is 0 Å². The minimum absolute atomic E-state index is 0.755. The van der Waals surface area contributed by atoms with Gasteiger partial charge in [-0.25, -0.2) is 0 Å². The molecule has 0 unspecified atom stereocenters. The number of hydrogen-bond donors (Lipinski definition) is 1. The minimum atomic E-state index is 0.755. The number of nitrogens with one attached hydrogen (secondary N) is 1. The highest BCUT2D eigenvalue weighted by Crippen LogP contribution is 2.05. The van der Waals surface area contributed by atoms with Crippen molar-refractivity contribution in [1.29, 1.82) is 0 Å². The molecule has 0 spiro atoms. The van der Waals surface area contributed by atoms with Gasteiger partial charge in [-0.3, -0.25) is 4.68 Å². The van der Waals surface area contributed by atoms with E-state index in [-0.39, 0.29) is 0 Å². The molecular weight excluding hydrogens is 210 g/mol. The molecule has 0 aliphatic heterocycles. The first-order chi connectivity index (χ1) is 7.27. The zero-order valence-corrected chi connectivity index (χ0v) is 9.58. The normalized spacial score (nSPS) is 10.8. The molecule has 1 N–H and O–H groups in total. The maximum atomic E-state index is 4.18. The molecule has 0 atom stereocenters. The van der Waals surface area contributed by atoms with E-state index < -0.39 is 0 Å². The summed E-state index contributed by atoms with van der Waals surface area (Å²) in [6.07, 6.45) is 1.89. The van der Waals surface area contributed by atoms with Crippen LogP contribution in [-0.4, -0.2) is 19.4 Å². The first kappa shape index (κ1) is 10.3. The van der Waals surface area contributed by atoms with Crippen molar-refractivity contribution in [2.75, 3.05) is 0 Å². The molecular formula is C9H13N5S. The van der Waals surface area contributed by atoms with E-state index in [0.29, 0.717) is 0 Å². The van der Waals surface area contributed by atoms with Gasteiger partial charge in [-0.1, -0.05) is 4.49 Å². The molecule has 0 bridgehead atoms. The number of aryl methyl sites for hydroxylation is 1. The number of aromatic nitrogens is 4. The summed E-state index contributed by atoms with van der Waals surface area (Å²) >= 11 is 1.38. The average molecular weight is 223 g/mol. The molecule has 2 aromatic heterocycles. The van der Waals surface area contributed by atoms with Crippen LogP contribution in [0, 0.1) is 6.92 Å². The van der Waals surface area contributed by atoms with Crippen LogP contribution in [0.15, 0.2) is 11.6 Å². The number of rotatable bonds is 4. The van der Waals surface area contributed by atoms with Crippen LogP contribution >= 0.6 is 11.5 Å². The van der Waals surface area contributed by atoms with Gasteiger partial charge >= 0.3 is 0 Å². The highest BCUT2D eigenvalue weighted by Gasteiger charge is 2.03. The van der Waals surface area contributed by atoms with Crippen molar-refractivity contribution in [3.05, 3.63) is 28.5 Å². The lowest BCUT2D eigenvalue weighted by molar-refractivity contribution is 0.671. The standard InChI is InChI=1S/C9H13N5S/c1-7-8(4-11-14(7)2)3-10-5-9-6-15-13-12-9/h4,6,10H,3,5H2,1-2H3. The van der Waals surface area contributed by atoms with Crippen LogP contribution in [0.2, 0.25) is 0 Å². The van der Waals surface area contributed by atoms with Gasteiger partial charge in [0.25, 0.3) is 0 Å². The summed E-state index contributed by atoms with van der Waals surface area (Å²) in [4.78, 5) is 0. The second-order valence-corrected chi connectivity index (χ2v) is 3.99. The topological polar surface area (TPSA) is 55.6 Å². The summed E-state index contributed by atoms with van der Waals surface area (Å²) in [6.45, 7) is 3.64. The van der Waals surface area contributed by atoms with Crippen LogP contribution in [0.4, 0.5) is 0 Å². The molecule has 0 saturated heterocycles. The van der Waals surface area contributed by atoms with Crippen molar-refractivity contribution in [2.24, 2.45) is 7.05 Å². The van der Waals surface area contributed by atoms with Crippen LogP contribution < -0.4 is 5.32 Å².